The number of rotatable bonds is 11. The van der Waals surface area contributed by atoms with E-state index < -0.39 is 34.3 Å². The maximum Gasteiger partial charge on any atom is 0.244 e. The number of amides is 2. The van der Waals surface area contributed by atoms with Gasteiger partial charge in [-0.2, -0.15) is 0 Å². The summed E-state index contributed by atoms with van der Waals surface area (Å²) in [6.07, 6.45) is 2.11. The Labute approximate surface area is 208 Å². The summed E-state index contributed by atoms with van der Waals surface area (Å²) in [5, 5.41) is 2.92. The topological polar surface area (TPSA) is 86.8 Å². The molecule has 2 unspecified atom stereocenters. The van der Waals surface area contributed by atoms with Crippen molar-refractivity contribution in [2.24, 2.45) is 0 Å². The lowest BCUT2D eigenvalue weighted by atomic mass is 10.1. The molecule has 2 aromatic rings. The summed E-state index contributed by atoms with van der Waals surface area (Å²) >= 11 is 0. The number of carbonyl (C=O) groups excluding carboxylic acids is 2. The van der Waals surface area contributed by atoms with Crippen molar-refractivity contribution in [1.29, 1.82) is 0 Å². The fourth-order valence-corrected chi connectivity index (χ4v) is 4.89. The van der Waals surface area contributed by atoms with Crippen molar-refractivity contribution in [3.63, 3.8) is 0 Å². The minimum Gasteiger partial charge on any atom is -0.352 e. The second-order valence-corrected chi connectivity index (χ2v) is 10.8. The standard InChI is InChI=1S/C26H36FN3O4S/c1-7-20(5)28-26(32)23(8-2)29(16-21-12-14-22(27)15-13-21)24(31)17-30(35(6,33)34)25-18(3)10-9-11-19(25)4/h9-15,20,23H,7-8,16-17H2,1-6H3,(H,28,32). The molecule has 0 saturated heterocycles. The van der Waals surface area contributed by atoms with Crippen molar-refractivity contribution < 1.29 is 22.4 Å². The Bertz CT molecular complexity index is 1120. The van der Waals surface area contributed by atoms with Crippen molar-refractivity contribution >= 4 is 27.5 Å². The van der Waals surface area contributed by atoms with Crippen LogP contribution in [0, 0.1) is 19.7 Å². The molecule has 0 bridgehead atoms. The first-order valence-corrected chi connectivity index (χ1v) is 13.6. The molecule has 0 fully saturated rings. The smallest absolute Gasteiger partial charge is 0.244 e. The van der Waals surface area contributed by atoms with Crippen molar-refractivity contribution in [2.75, 3.05) is 17.1 Å². The Morgan fingerprint density at radius 2 is 1.57 bits per heavy atom. The van der Waals surface area contributed by atoms with Gasteiger partial charge in [-0.05, 0) is 62.4 Å². The highest BCUT2D eigenvalue weighted by Gasteiger charge is 2.32. The molecule has 0 spiro atoms. The van der Waals surface area contributed by atoms with Gasteiger partial charge in [0.15, 0.2) is 0 Å². The molecule has 0 aliphatic rings. The number of nitrogens with one attached hydrogen (secondary N) is 1. The maximum absolute atomic E-state index is 13.7. The van der Waals surface area contributed by atoms with Gasteiger partial charge < -0.3 is 10.2 Å². The molecule has 2 aromatic carbocycles. The van der Waals surface area contributed by atoms with Gasteiger partial charge in [-0.3, -0.25) is 13.9 Å². The Morgan fingerprint density at radius 1 is 1.00 bits per heavy atom. The number of hydrogen-bond acceptors (Lipinski definition) is 4. The molecule has 0 heterocycles. The van der Waals surface area contributed by atoms with Crippen LogP contribution in [-0.2, 0) is 26.2 Å². The highest BCUT2D eigenvalue weighted by molar-refractivity contribution is 7.92. The molecule has 9 heteroatoms. The third-order valence-corrected chi connectivity index (χ3v) is 7.13. The van der Waals surface area contributed by atoms with E-state index in [1.165, 1.54) is 17.0 Å². The minimum absolute atomic E-state index is 0.0376. The lowest BCUT2D eigenvalue weighted by Gasteiger charge is -2.34. The Balaban J connectivity index is 2.49. The van der Waals surface area contributed by atoms with Crippen molar-refractivity contribution in [2.45, 2.75) is 66.1 Å². The van der Waals surface area contributed by atoms with E-state index in [4.69, 9.17) is 0 Å². The molecule has 7 nitrogen and oxygen atoms in total. The van der Waals surface area contributed by atoms with Gasteiger partial charge in [0.05, 0.1) is 11.9 Å². The van der Waals surface area contributed by atoms with E-state index in [0.29, 0.717) is 17.7 Å². The fraction of sp³-hybridized carbons (Fsp3) is 0.462. The van der Waals surface area contributed by atoms with Crippen LogP contribution in [0.1, 0.15) is 50.3 Å². The van der Waals surface area contributed by atoms with Crippen LogP contribution < -0.4 is 9.62 Å². The molecular formula is C26H36FN3O4S. The summed E-state index contributed by atoms with van der Waals surface area (Å²) in [6, 6.07) is 10.2. The largest absolute Gasteiger partial charge is 0.352 e. The summed E-state index contributed by atoms with van der Waals surface area (Å²) in [5.41, 5.74) is 2.51. The van der Waals surface area contributed by atoms with Crippen LogP contribution in [0.15, 0.2) is 42.5 Å². The number of anilines is 1. The van der Waals surface area contributed by atoms with E-state index in [0.717, 1.165) is 28.1 Å². The predicted octanol–water partition coefficient (Wildman–Crippen LogP) is 3.93. The van der Waals surface area contributed by atoms with E-state index in [2.05, 4.69) is 5.32 Å². The van der Waals surface area contributed by atoms with Crippen LogP contribution >= 0.6 is 0 Å². The summed E-state index contributed by atoms with van der Waals surface area (Å²) < 4.78 is 40.1. The number of aryl methyl sites for hydroxylation is 2. The van der Waals surface area contributed by atoms with Crippen LogP contribution in [-0.4, -0.2) is 50.0 Å². The van der Waals surface area contributed by atoms with Gasteiger partial charge in [0.1, 0.15) is 18.4 Å². The molecule has 0 aliphatic carbocycles. The van der Waals surface area contributed by atoms with Gasteiger partial charge in [-0.15, -0.1) is 0 Å². The molecule has 2 amide bonds. The minimum atomic E-state index is -3.81. The van der Waals surface area contributed by atoms with Crippen molar-refractivity contribution in [1.82, 2.24) is 10.2 Å². The summed E-state index contributed by atoms with van der Waals surface area (Å²) in [4.78, 5) is 28.2. The Morgan fingerprint density at radius 3 is 2.06 bits per heavy atom. The zero-order chi connectivity index (χ0) is 26.3. The van der Waals surface area contributed by atoms with E-state index >= 15 is 0 Å². The first-order chi connectivity index (χ1) is 16.4. The van der Waals surface area contributed by atoms with E-state index in [9.17, 15) is 22.4 Å². The second-order valence-electron chi connectivity index (χ2n) is 8.90. The van der Waals surface area contributed by atoms with Gasteiger partial charge in [-0.1, -0.05) is 44.2 Å². The van der Waals surface area contributed by atoms with E-state index in [1.807, 2.05) is 19.9 Å². The van der Waals surface area contributed by atoms with Gasteiger partial charge in [0.25, 0.3) is 0 Å². The monoisotopic (exact) mass is 505 g/mol. The summed E-state index contributed by atoms with van der Waals surface area (Å²) in [7, 11) is -3.81. The predicted molar refractivity (Wildman–Crippen MR) is 137 cm³/mol. The number of benzene rings is 2. The number of carbonyl (C=O) groups is 2. The molecule has 0 radical (unpaired) electrons. The lowest BCUT2D eigenvalue weighted by Crippen LogP contribution is -2.53. The molecular weight excluding hydrogens is 469 g/mol. The van der Waals surface area contributed by atoms with Gasteiger partial charge >= 0.3 is 0 Å². The maximum atomic E-state index is 13.7. The van der Waals surface area contributed by atoms with E-state index in [-0.39, 0.29) is 18.5 Å². The molecule has 35 heavy (non-hydrogen) atoms. The van der Waals surface area contributed by atoms with Gasteiger partial charge in [-0.25, -0.2) is 12.8 Å². The van der Waals surface area contributed by atoms with Gasteiger partial charge in [0.2, 0.25) is 21.8 Å². The third-order valence-electron chi connectivity index (χ3n) is 6.02. The number of para-hydroxylation sites is 1. The number of sulfonamides is 1. The summed E-state index contributed by atoms with van der Waals surface area (Å²) in [5.74, 6) is -1.24. The zero-order valence-electron chi connectivity index (χ0n) is 21.3. The highest BCUT2D eigenvalue weighted by Crippen LogP contribution is 2.27. The van der Waals surface area contributed by atoms with Crippen LogP contribution in [0.25, 0.3) is 0 Å². The lowest BCUT2D eigenvalue weighted by molar-refractivity contribution is -0.140. The molecule has 0 aliphatic heterocycles. The van der Waals surface area contributed by atoms with Crippen molar-refractivity contribution in [3.8, 4) is 0 Å². The van der Waals surface area contributed by atoms with E-state index in [1.54, 1.807) is 45.0 Å². The normalized spacial score (nSPS) is 13.1. The highest BCUT2D eigenvalue weighted by atomic mass is 32.2. The summed E-state index contributed by atoms with van der Waals surface area (Å²) in [6.45, 7) is 8.77. The average Bonchev–Trinajstić information content (AvgIpc) is 2.78. The molecule has 0 saturated carbocycles. The quantitative estimate of drug-likeness (QED) is 0.501. The SMILES string of the molecule is CCC(C)NC(=O)C(CC)N(Cc1ccc(F)cc1)C(=O)CN(c1c(C)cccc1C)S(C)(=O)=O. The van der Waals surface area contributed by atoms with Gasteiger partial charge in [0, 0.05) is 12.6 Å². The third kappa shape index (κ3) is 7.52. The molecule has 2 atom stereocenters. The fourth-order valence-electron chi connectivity index (χ4n) is 3.92. The van der Waals surface area contributed by atoms with Crippen molar-refractivity contribution in [3.05, 3.63) is 65.0 Å². The molecule has 2 rings (SSSR count). The average molecular weight is 506 g/mol. The number of halogens is 1. The second kappa shape index (κ2) is 12.2. The van der Waals surface area contributed by atoms with Crippen LogP contribution in [0.5, 0.6) is 0 Å². The first kappa shape index (κ1) is 28.3. The molecule has 1 N–H and O–H groups in total. The molecule has 0 aromatic heterocycles. The zero-order valence-corrected chi connectivity index (χ0v) is 22.2. The number of hydrogen-bond donors (Lipinski definition) is 1. The number of nitrogens with zero attached hydrogens (tertiary/aromatic N) is 2. The van der Waals surface area contributed by atoms with Crippen LogP contribution in [0.3, 0.4) is 0 Å². The van der Waals surface area contributed by atoms with Crippen LogP contribution in [0.2, 0.25) is 0 Å². The Hall–Kier alpha value is -2.94. The Kier molecular flexibility index (Phi) is 9.82. The first-order valence-electron chi connectivity index (χ1n) is 11.8. The molecule has 192 valence electrons. The van der Waals surface area contributed by atoms with Crippen LogP contribution in [0.4, 0.5) is 10.1 Å².